The molecule has 0 atom stereocenters. The summed E-state index contributed by atoms with van der Waals surface area (Å²) in [7, 11) is 1.67. The van der Waals surface area contributed by atoms with E-state index in [-0.39, 0.29) is 5.91 Å². The molecule has 0 fully saturated rings. The van der Waals surface area contributed by atoms with Gasteiger partial charge in [-0.2, -0.15) is 0 Å². The van der Waals surface area contributed by atoms with Gasteiger partial charge in [-0.25, -0.2) is 0 Å². The number of hydrogen-bond donors (Lipinski definition) is 1. The molecule has 0 aliphatic carbocycles. The number of nitrogens with zero attached hydrogens (tertiary/aromatic N) is 1. The molecule has 0 aliphatic rings. The molecule has 0 saturated carbocycles. The van der Waals surface area contributed by atoms with Crippen LogP contribution in [0.15, 0.2) is 39.4 Å². The summed E-state index contributed by atoms with van der Waals surface area (Å²) in [5.74, 6) is 0.117. The van der Waals surface area contributed by atoms with Crippen molar-refractivity contribution >= 4 is 33.2 Å². The lowest BCUT2D eigenvalue weighted by Crippen LogP contribution is -2.27. The van der Waals surface area contributed by atoms with Crippen molar-refractivity contribution in [1.82, 2.24) is 0 Å². The van der Waals surface area contributed by atoms with Crippen LogP contribution in [0, 0.1) is 6.92 Å². The number of rotatable bonds is 2. The van der Waals surface area contributed by atoms with E-state index in [0.29, 0.717) is 17.1 Å². The summed E-state index contributed by atoms with van der Waals surface area (Å²) in [6.07, 6.45) is 1.50. The van der Waals surface area contributed by atoms with Crippen LogP contribution < -0.4 is 10.6 Å². The Morgan fingerprint density at radius 3 is 2.67 bits per heavy atom. The Hall–Kier alpha value is -1.75. The minimum absolute atomic E-state index is 0.216. The summed E-state index contributed by atoms with van der Waals surface area (Å²) >= 11 is 3.33. The average Bonchev–Trinajstić information content (AvgIpc) is 2.74. The molecular formula is C13H13BrN2O2. The minimum Gasteiger partial charge on any atom is -0.459 e. The highest BCUT2D eigenvalue weighted by Crippen LogP contribution is 2.27. The first-order valence-electron chi connectivity index (χ1n) is 5.38. The summed E-state index contributed by atoms with van der Waals surface area (Å²) < 4.78 is 6.06. The normalized spacial score (nSPS) is 10.4. The molecule has 2 aromatic rings. The lowest BCUT2D eigenvalue weighted by molar-refractivity contribution is 0.0966. The van der Waals surface area contributed by atoms with Crippen LogP contribution >= 0.6 is 15.9 Å². The largest absolute Gasteiger partial charge is 0.459 e. The van der Waals surface area contributed by atoms with Gasteiger partial charge in [-0.3, -0.25) is 4.79 Å². The van der Waals surface area contributed by atoms with Crippen LogP contribution in [0.25, 0.3) is 0 Å². The third kappa shape index (κ3) is 2.26. The number of nitrogen functional groups attached to an aromatic ring is 1. The first-order chi connectivity index (χ1) is 8.50. The van der Waals surface area contributed by atoms with E-state index < -0.39 is 0 Å². The standard InChI is InChI=1S/C13H13BrN2O2/c1-8-5-6-18-12(8)13(17)16(2)11-4-3-9(14)7-10(11)15/h3-7H,15H2,1-2H3. The molecular weight excluding hydrogens is 296 g/mol. The summed E-state index contributed by atoms with van der Waals surface area (Å²) in [6.45, 7) is 1.83. The molecule has 0 aliphatic heterocycles. The Balaban J connectivity index is 2.34. The third-order valence-electron chi connectivity index (χ3n) is 2.71. The Morgan fingerprint density at radius 2 is 2.11 bits per heavy atom. The molecule has 0 unspecified atom stereocenters. The first kappa shape index (κ1) is 12.7. The molecule has 0 radical (unpaired) electrons. The van der Waals surface area contributed by atoms with Crippen molar-refractivity contribution in [1.29, 1.82) is 0 Å². The highest BCUT2D eigenvalue weighted by Gasteiger charge is 2.20. The Bertz CT molecular complexity index is 592. The predicted molar refractivity (Wildman–Crippen MR) is 74.7 cm³/mol. The number of carbonyl (C=O) groups is 1. The fourth-order valence-corrected chi connectivity index (χ4v) is 2.06. The number of hydrogen-bond acceptors (Lipinski definition) is 3. The molecule has 1 amide bonds. The second-order valence-electron chi connectivity index (χ2n) is 4.00. The minimum atomic E-state index is -0.216. The van der Waals surface area contributed by atoms with Crippen molar-refractivity contribution in [2.24, 2.45) is 0 Å². The number of amides is 1. The molecule has 5 heteroatoms. The van der Waals surface area contributed by atoms with Gasteiger partial charge in [0.05, 0.1) is 17.6 Å². The molecule has 1 aromatic heterocycles. The second-order valence-corrected chi connectivity index (χ2v) is 4.92. The number of aryl methyl sites for hydroxylation is 1. The van der Waals surface area contributed by atoms with Crippen LogP contribution in [0.1, 0.15) is 16.1 Å². The van der Waals surface area contributed by atoms with E-state index in [1.165, 1.54) is 11.2 Å². The average molecular weight is 309 g/mol. The number of anilines is 2. The van der Waals surface area contributed by atoms with Gasteiger partial charge < -0.3 is 15.1 Å². The van der Waals surface area contributed by atoms with E-state index in [4.69, 9.17) is 10.2 Å². The molecule has 0 saturated heterocycles. The molecule has 2 rings (SSSR count). The Labute approximate surface area is 114 Å². The summed E-state index contributed by atoms with van der Waals surface area (Å²) in [5.41, 5.74) is 7.89. The number of furan rings is 1. The van der Waals surface area contributed by atoms with Crippen LogP contribution in [0.2, 0.25) is 0 Å². The van der Waals surface area contributed by atoms with E-state index in [2.05, 4.69) is 15.9 Å². The van der Waals surface area contributed by atoms with Crippen LogP contribution in [-0.4, -0.2) is 13.0 Å². The molecule has 1 heterocycles. The predicted octanol–water partition coefficient (Wildman–Crippen LogP) is 3.21. The maximum Gasteiger partial charge on any atom is 0.294 e. The monoisotopic (exact) mass is 308 g/mol. The Kier molecular flexibility index (Phi) is 3.43. The van der Waals surface area contributed by atoms with Gasteiger partial charge in [-0.05, 0) is 31.2 Å². The maximum absolute atomic E-state index is 12.2. The van der Waals surface area contributed by atoms with Gasteiger partial charge in [0.1, 0.15) is 0 Å². The first-order valence-corrected chi connectivity index (χ1v) is 6.17. The quantitative estimate of drug-likeness (QED) is 0.867. The lowest BCUT2D eigenvalue weighted by atomic mass is 10.2. The van der Waals surface area contributed by atoms with Gasteiger partial charge in [0.15, 0.2) is 5.76 Å². The van der Waals surface area contributed by atoms with E-state index in [1.807, 2.05) is 13.0 Å². The summed E-state index contributed by atoms with van der Waals surface area (Å²) in [5, 5.41) is 0. The van der Waals surface area contributed by atoms with E-state index >= 15 is 0 Å². The fraction of sp³-hybridized carbons (Fsp3) is 0.154. The van der Waals surface area contributed by atoms with Crippen molar-refractivity contribution in [2.75, 3.05) is 17.7 Å². The van der Waals surface area contributed by atoms with Gasteiger partial charge in [0, 0.05) is 17.1 Å². The summed E-state index contributed by atoms with van der Waals surface area (Å²) in [6, 6.07) is 7.14. The van der Waals surface area contributed by atoms with Gasteiger partial charge in [-0.1, -0.05) is 15.9 Å². The van der Waals surface area contributed by atoms with E-state index in [0.717, 1.165) is 10.0 Å². The third-order valence-corrected chi connectivity index (χ3v) is 3.21. The highest BCUT2D eigenvalue weighted by molar-refractivity contribution is 9.10. The van der Waals surface area contributed by atoms with E-state index in [1.54, 1.807) is 25.2 Å². The fourth-order valence-electron chi connectivity index (χ4n) is 1.68. The van der Waals surface area contributed by atoms with Gasteiger partial charge in [0.2, 0.25) is 0 Å². The molecule has 18 heavy (non-hydrogen) atoms. The van der Waals surface area contributed by atoms with Gasteiger partial charge >= 0.3 is 0 Å². The SMILES string of the molecule is Cc1ccoc1C(=O)N(C)c1ccc(Br)cc1N. The summed E-state index contributed by atoms with van der Waals surface area (Å²) in [4.78, 5) is 13.7. The van der Waals surface area contributed by atoms with Crippen molar-refractivity contribution in [3.05, 3.63) is 46.3 Å². The molecule has 4 nitrogen and oxygen atoms in total. The zero-order valence-corrected chi connectivity index (χ0v) is 11.7. The number of halogens is 1. The molecule has 94 valence electrons. The number of nitrogens with two attached hydrogens (primary N) is 1. The molecule has 0 spiro atoms. The number of benzene rings is 1. The van der Waals surface area contributed by atoms with Crippen molar-refractivity contribution in [3.63, 3.8) is 0 Å². The van der Waals surface area contributed by atoms with Gasteiger partial charge in [-0.15, -0.1) is 0 Å². The van der Waals surface area contributed by atoms with Crippen LogP contribution in [-0.2, 0) is 0 Å². The molecule has 2 N–H and O–H groups in total. The van der Waals surface area contributed by atoms with Crippen molar-refractivity contribution in [3.8, 4) is 0 Å². The van der Waals surface area contributed by atoms with Crippen LogP contribution in [0.5, 0.6) is 0 Å². The van der Waals surface area contributed by atoms with E-state index in [9.17, 15) is 4.79 Å². The zero-order valence-electron chi connectivity index (χ0n) is 10.1. The lowest BCUT2D eigenvalue weighted by Gasteiger charge is -2.18. The Morgan fingerprint density at radius 1 is 1.39 bits per heavy atom. The molecule has 1 aromatic carbocycles. The van der Waals surface area contributed by atoms with Crippen molar-refractivity contribution in [2.45, 2.75) is 6.92 Å². The highest BCUT2D eigenvalue weighted by atomic mass is 79.9. The van der Waals surface area contributed by atoms with Gasteiger partial charge in [0.25, 0.3) is 5.91 Å². The zero-order chi connectivity index (χ0) is 13.3. The smallest absolute Gasteiger partial charge is 0.294 e. The second kappa shape index (κ2) is 4.86. The van der Waals surface area contributed by atoms with Crippen LogP contribution in [0.4, 0.5) is 11.4 Å². The number of carbonyl (C=O) groups excluding carboxylic acids is 1. The maximum atomic E-state index is 12.2. The van der Waals surface area contributed by atoms with Crippen LogP contribution in [0.3, 0.4) is 0 Å². The van der Waals surface area contributed by atoms with Crippen molar-refractivity contribution < 1.29 is 9.21 Å². The topological polar surface area (TPSA) is 59.5 Å². The molecule has 0 bridgehead atoms.